The Morgan fingerprint density at radius 2 is 1.76 bits per heavy atom. The monoisotopic (exact) mass is 290 g/mol. The smallest absolute Gasteiger partial charge is 0.119 e. The maximum atomic E-state index is 5.73. The first-order chi connectivity index (χ1) is 8.28. The van der Waals surface area contributed by atoms with Gasteiger partial charge >= 0.3 is 0 Å². The van der Waals surface area contributed by atoms with E-state index in [1.165, 1.54) is 16.7 Å². The van der Waals surface area contributed by atoms with Gasteiger partial charge in [-0.2, -0.15) is 0 Å². The molecule has 88 valence electrons. The zero-order valence-corrected chi connectivity index (χ0v) is 11.4. The van der Waals surface area contributed by atoms with Gasteiger partial charge in [-0.1, -0.05) is 57.9 Å². The molecule has 0 saturated carbocycles. The Morgan fingerprint density at radius 1 is 1.00 bits per heavy atom. The summed E-state index contributed by atoms with van der Waals surface area (Å²) in [5.74, 6) is 0.913. The van der Waals surface area contributed by atoms with Crippen LogP contribution in [0.5, 0.6) is 5.75 Å². The van der Waals surface area contributed by atoms with Crippen LogP contribution in [0.2, 0.25) is 0 Å². The van der Waals surface area contributed by atoms with Crippen LogP contribution in [0.4, 0.5) is 0 Å². The predicted molar refractivity (Wildman–Crippen MR) is 74.6 cm³/mol. The van der Waals surface area contributed by atoms with Gasteiger partial charge in [0.15, 0.2) is 0 Å². The maximum Gasteiger partial charge on any atom is 0.119 e. The van der Waals surface area contributed by atoms with Gasteiger partial charge in [0.2, 0.25) is 0 Å². The molecule has 0 aliphatic heterocycles. The number of alkyl halides is 1. The fourth-order valence-electron chi connectivity index (χ4n) is 1.64. The molecular weight excluding hydrogens is 276 g/mol. The summed E-state index contributed by atoms with van der Waals surface area (Å²) in [5.41, 5.74) is 3.73. The summed E-state index contributed by atoms with van der Waals surface area (Å²) in [7, 11) is 0. The molecular formula is C15H15BrO. The topological polar surface area (TPSA) is 9.23 Å². The quantitative estimate of drug-likeness (QED) is 0.755. The summed E-state index contributed by atoms with van der Waals surface area (Å²) in [6.07, 6.45) is 0. The summed E-state index contributed by atoms with van der Waals surface area (Å²) < 4.78 is 5.73. The van der Waals surface area contributed by atoms with Gasteiger partial charge in [0.1, 0.15) is 12.4 Å². The molecule has 0 spiro atoms. The first kappa shape index (κ1) is 12.2. The lowest BCUT2D eigenvalue weighted by molar-refractivity contribution is 0.306. The number of hydrogen-bond donors (Lipinski definition) is 0. The molecule has 0 unspecified atom stereocenters. The van der Waals surface area contributed by atoms with Crippen molar-refractivity contribution in [1.29, 1.82) is 0 Å². The van der Waals surface area contributed by atoms with Crippen LogP contribution in [0.3, 0.4) is 0 Å². The molecule has 0 saturated heterocycles. The average molecular weight is 291 g/mol. The fourth-order valence-corrected chi connectivity index (χ4v) is 2.02. The minimum atomic E-state index is 0.620. The van der Waals surface area contributed by atoms with Crippen LogP contribution >= 0.6 is 15.9 Å². The third kappa shape index (κ3) is 3.60. The number of halogens is 1. The van der Waals surface area contributed by atoms with E-state index in [1.54, 1.807) is 0 Å². The Bertz CT molecular complexity index is 477. The summed E-state index contributed by atoms with van der Waals surface area (Å²) >= 11 is 3.42. The van der Waals surface area contributed by atoms with E-state index < -0.39 is 0 Å². The molecule has 0 amide bonds. The molecule has 0 bridgehead atoms. The molecule has 0 aliphatic rings. The summed E-state index contributed by atoms with van der Waals surface area (Å²) in [6, 6.07) is 16.5. The van der Waals surface area contributed by atoms with Gasteiger partial charge in [-0.15, -0.1) is 0 Å². The molecule has 17 heavy (non-hydrogen) atoms. The number of aryl methyl sites for hydroxylation is 1. The van der Waals surface area contributed by atoms with Crippen molar-refractivity contribution in [2.45, 2.75) is 18.9 Å². The first-order valence-corrected chi connectivity index (χ1v) is 6.73. The highest BCUT2D eigenvalue weighted by Crippen LogP contribution is 2.16. The highest BCUT2D eigenvalue weighted by molar-refractivity contribution is 9.08. The molecule has 2 aromatic carbocycles. The second-order valence-corrected chi connectivity index (χ2v) is 4.62. The van der Waals surface area contributed by atoms with E-state index in [9.17, 15) is 0 Å². The summed E-state index contributed by atoms with van der Waals surface area (Å²) in [4.78, 5) is 0. The first-order valence-electron chi connectivity index (χ1n) is 5.61. The van der Waals surface area contributed by atoms with Gasteiger partial charge in [0, 0.05) is 5.33 Å². The zero-order chi connectivity index (χ0) is 12.1. The van der Waals surface area contributed by atoms with Crippen molar-refractivity contribution < 1.29 is 4.74 Å². The lowest BCUT2D eigenvalue weighted by Gasteiger charge is -2.07. The minimum absolute atomic E-state index is 0.620. The highest BCUT2D eigenvalue weighted by Gasteiger charge is 1.97. The van der Waals surface area contributed by atoms with Crippen molar-refractivity contribution in [3.63, 3.8) is 0 Å². The maximum absolute atomic E-state index is 5.73. The predicted octanol–water partition coefficient (Wildman–Crippen LogP) is 4.47. The Kier molecular flexibility index (Phi) is 4.21. The summed E-state index contributed by atoms with van der Waals surface area (Å²) in [6.45, 7) is 2.71. The Hall–Kier alpha value is -1.28. The van der Waals surface area contributed by atoms with E-state index in [0.717, 1.165) is 11.1 Å². The lowest BCUT2D eigenvalue weighted by Crippen LogP contribution is -1.95. The molecule has 0 radical (unpaired) electrons. The minimum Gasteiger partial charge on any atom is -0.489 e. The van der Waals surface area contributed by atoms with E-state index in [1.807, 2.05) is 12.1 Å². The summed E-state index contributed by atoms with van der Waals surface area (Å²) in [5, 5.41) is 0.880. The fraction of sp³-hybridized carbons (Fsp3) is 0.200. The van der Waals surface area contributed by atoms with Crippen molar-refractivity contribution in [1.82, 2.24) is 0 Å². The van der Waals surface area contributed by atoms with Crippen molar-refractivity contribution >= 4 is 15.9 Å². The van der Waals surface area contributed by atoms with Gasteiger partial charge in [0.25, 0.3) is 0 Å². The molecule has 0 atom stereocenters. The van der Waals surface area contributed by atoms with E-state index in [4.69, 9.17) is 4.74 Å². The molecule has 0 heterocycles. The van der Waals surface area contributed by atoms with Crippen LogP contribution in [-0.4, -0.2) is 0 Å². The van der Waals surface area contributed by atoms with Crippen LogP contribution in [0.25, 0.3) is 0 Å². The highest BCUT2D eigenvalue weighted by atomic mass is 79.9. The van der Waals surface area contributed by atoms with Gasteiger partial charge in [0.05, 0.1) is 0 Å². The third-order valence-electron chi connectivity index (χ3n) is 2.57. The van der Waals surface area contributed by atoms with Crippen molar-refractivity contribution in [3.05, 3.63) is 65.2 Å². The van der Waals surface area contributed by atoms with Crippen LogP contribution in [0.15, 0.2) is 48.5 Å². The van der Waals surface area contributed by atoms with Crippen LogP contribution in [0.1, 0.15) is 16.7 Å². The Balaban J connectivity index is 1.97. The number of hydrogen-bond acceptors (Lipinski definition) is 1. The van der Waals surface area contributed by atoms with Crippen molar-refractivity contribution in [2.75, 3.05) is 0 Å². The second kappa shape index (κ2) is 5.87. The van der Waals surface area contributed by atoms with Gasteiger partial charge in [-0.3, -0.25) is 0 Å². The molecule has 1 nitrogen and oxygen atoms in total. The Morgan fingerprint density at radius 3 is 2.41 bits per heavy atom. The number of ether oxygens (including phenoxy) is 1. The molecule has 2 rings (SSSR count). The third-order valence-corrected chi connectivity index (χ3v) is 3.21. The van der Waals surface area contributed by atoms with Gasteiger partial charge in [-0.25, -0.2) is 0 Å². The van der Waals surface area contributed by atoms with E-state index >= 15 is 0 Å². The van der Waals surface area contributed by atoms with Crippen LogP contribution < -0.4 is 4.74 Å². The SMILES string of the molecule is Cc1cccc(COc2ccc(CBr)cc2)c1. The van der Waals surface area contributed by atoms with Gasteiger partial charge < -0.3 is 4.74 Å². The van der Waals surface area contributed by atoms with E-state index in [-0.39, 0.29) is 0 Å². The largest absolute Gasteiger partial charge is 0.489 e. The van der Waals surface area contributed by atoms with Crippen molar-refractivity contribution in [3.8, 4) is 5.75 Å². The van der Waals surface area contributed by atoms with Crippen LogP contribution in [-0.2, 0) is 11.9 Å². The molecule has 0 N–H and O–H groups in total. The molecule has 0 aliphatic carbocycles. The van der Waals surface area contributed by atoms with E-state index in [0.29, 0.717) is 6.61 Å². The molecule has 0 fully saturated rings. The van der Waals surface area contributed by atoms with E-state index in [2.05, 4.69) is 59.3 Å². The average Bonchev–Trinajstić information content (AvgIpc) is 2.37. The van der Waals surface area contributed by atoms with Crippen LogP contribution in [0, 0.1) is 6.92 Å². The molecule has 2 aromatic rings. The number of benzene rings is 2. The molecule has 0 aromatic heterocycles. The number of rotatable bonds is 4. The van der Waals surface area contributed by atoms with Crippen molar-refractivity contribution in [2.24, 2.45) is 0 Å². The normalized spacial score (nSPS) is 10.2. The standard InChI is InChI=1S/C15H15BrO/c1-12-3-2-4-14(9-12)11-17-15-7-5-13(10-16)6-8-15/h2-9H,10-11H2,1H3. The second-order valence-electron chi connectivity index (χ2n) is 4.06. The van der Waals surface area contributed by atoms with Gasteiger partial charge in [-0.05, 0) is 30.2 Å². The molecule has 2 heteroatoms. The Labute approximate surface area is 111 Å². The zero-order valence-electron chi connectivity index (χ0n) is 9.82. The lowest BCUT2D eigenvalue weighted by atomic mass is 10.1.